The Morgan fingerprint density at radius 1 is 0.571 bits per heavy atom. The molecular formula is C51H58N2O10. The van der Waals surface area contributed by atoms with E-state index in [-0.39, 0.29) is 48.8 Å². The van der Waals surface area contributed by atoms with Crippen molar-refractivity contribution in [1.29, 1.82) is 0 Å². The van der Waals surface area contributed by atoms with E-state index in [1.807, 2.05) is 0 Å². The molecule has 0 spiro atoms. The van der Waals surface area contributed by atoms with Crippen molar-refractivity contribution in [1.82, 2.24) is 0 Å². The van der Waals surface area contributed by atoms with Crippen LogP contribution in [0.25, 0.3) is 12.2 Å². The lowest BCUT2D eigenvalue weighted by Crippen LogP contribution is -2.57. The molecule has 2 saturated carbocycles. The van der Waals surface area contributed by atoms with E-state index in [1.54, 1.807) is 117 Å². The summed E-state index contributed by atoms with van der Waals surface area (Å²) in [4.78, 5) is 53.8. The zero-order valence-corrected chi connectivity index (χ0v) is 35.9. The summed E-state index contributed by atoms with van der Waals surface area (Å²) in [5.41, 5.74) is 13.6. The third kappa shape index (κ3) is 12.6. The second-order valence-electron chi connectivity index (χ2n) is 16.9. The van der Waals surface area contributed by atoms with Gasteiger partial charge in [0.2, 0.25) is 11.6 Å². The second kappa shape index (κ2) is 21.4. The minimum atomic E-state index is -3.07. The number of methoxy groups -OCH3 is 2. The molecule has 2 aliphatic carbocycles. The SMILES string of the molecule is COC1CCC(C(=O)Oc2ccc(C=CC(=O)CC(Cc3ccc(N)cc3)(Cc3ccc(N)cc3)C(O)(O)C(=O)C=Cc3ccc(OC(=O)C4CCC(OC)CC4)cc3)cc2)CC1. The second-order valence-corrected chi connectivity index (χ2v) is 16.9. The van der Waals surface area contributed by atoms with Gasteiger partial charge in [0.25, 0.3) is 0 Å². The number of carbonyl (C=O) groups is 4. The summed E-state index contributed by atoms with van der Waals surface area (Å²) in [6.07, 6.45) is 11.1. The molecule has 12 heteroatoms. The number of nitrogen functional groups attached to an aromatic ring is 2. The van der Waals surface area contributed by atoms with Crippen molar-refractivity contribution < 1.29 is 48.3 Å². The van der Waals surface area contributed by atoms with Crippen molar-refractivity contribution >= 4 is 47.0 Å². The van der Waals surface area contributed by atoms with Gasteiger partial charge in [0.1, 0.15) is 11.5 Å². The predicted molar refractivity (Wildman–Crippen MR) is 241 cm³/mol. The fourth-order valence-electron chi connectivity index (χ4n) is 8.50. The highest BCUT2D eigenvalue weighted by molar-refractivity contribution is 6.01. The van der Waals surface area contributed by atoms with Crippen molar-refractivity contribution in [3.63, 3.8) is 0 Å². The first-order chi connectivity index (χ1) is 30.2. The van der Waals surface area contributed by atoms with Crippen LogP contribution < -0.4 is 20.9 Å². The molecule has 2 fully saturated rings. The first-order valence-electron chi connectivity index (χ1n) is 21.5. The lowest BCUT2D eigenvalue weighted by atomic mass is 9.65. The molecule has 12 nitrogen and oxygen atoms in total. The number of nitrogens with two attached hydrogens (primary N) is 2. The number of hydrogen-bond donors (Lipinski definition) is 4. The van der Waals surface area contributed by atoms with E-state index in [4.69, 9.17) is 30.4 Å². The van der Waals surface area contributed by atoms with Crippen LogP contribution in [0.4, 0.5) is 11.4 Å². The number of benzene rings is 4. The van der Waals surface area contributed by atoms with Gasteiger partial charge in [-0.3, -0.25) is 19.2 Å². The molecule has 4 aromatic carbocycles. The van der Waals surface area contributed by atoms with E-state index in [9.17, 15) is 29.4 Å². The van der Waals surface area contributed by atoms with Crippen LogP contribution in [0.2, 0.25) is 0 Å². The van der Waals surface area contributed by atoms with Gasteiger partial charge in [-0.25, -0.2) is 0 Å². The molecule has 63 heavy (non-hydrogen) atoms. The summed E-state index contributed by atoms with van der Waals surface area (Å²) >= 11 is 0. The van der Waals surface area contributed by atoms with E-state index in [1.165, 1.54) is 12.2 Å². The van der Waals surface area contributed by atoms with Gasteiger partial charge < -0.3 is 40.6 Å². The molecule has 0 saturated heterocycles. The number of ether oxygens (including phenoxy) is 4. The molecule has 2 aliphatic rings. The van der Waals surface area contributed by atoms with Gasteiger partial charge in [-0.2, -0.15) is 0 Å². The van der Waals surface area contributed by atoms with Crippen LogP contribution in [0.15, 0.2) is 109 Å². The fourth-order valence-corrected chi connectivity index (χ4v) is 8.50. The maximum absolute atomic E-state index is 14.1. The first kappa shape index (κ1) is 46.6. The fraction of sp³-hybridized carbons (Fsp3) is 0.373. The lowest BCUT2D eigenvalue weighted by Gasteiger charge is -2.42. The highest BCUT2D eigenvalue weighted by Crippen LogP contribution is 2.43. The molecule has 0 atom stereocenters. The molecule has 0 aromatic heterocycles. The highest BCUT2D eigenvalue weighted by Gasteiger charge is 2.54. The summed E-state index contributed by atoms with van der Waals surface area (Å²) in [6.45, 7) is 0. The molecule has 0 aliphatic heterocycles. The number of carbonyl (C=O) groups excluding carboxylic acids is 4. The topological polar surface area (TPSA) is 198 Å². The Kier molecular flexibility index (Phi) is 15.9. The molecule has 332 valence electrons. The molecule has 0 heterocycles. The van der Waals surface area contributed by atoms with E-state index in [0.29, 0.717) is 70.8 Å². The Hall–Kier alpha value is -5.92. The molecule has 4 aromatic rings. The van der Waals surface area contributed by atoms with Crippen molar-refractivity contribution in [2.24, 2.45) is 17.3 Å². The maximum Gasteiger partial charge on any atom is 0.314 e. The van der Waals surface area contributed by atoms with Gasteiger partial charge in [-0.05, 0) is 147 Å². The first-order valence-corrected chi connectivity index (χ1v) is 21.5. The van der Waals surface area contributed by atoms with Crippen LogP contribution in [-0.4, -0.2) is 65.9 Å². The summed E-state index contributed by atoms with van der Waals surface area (Å²) < 4.78 is 22.1. The summed E-state index contributed by atoms with van der Waals surface area (Å²) in [5, 5.41) is 24.3. The van der Waals surface area contributed by atoms with E-state index in [0.717, 1.165) is 31.8 Å². The van der Waals surface area contributed by atoms with Gasteiger partial charge in [-0.1, -0.05) is 60.7 Å². The molecule has 0 radical (unpaired) electrons. The van der Waals surface area contributed by atoms with E-state index in [2.05, 4.69) is 0 Å². The van der Waals surface area contributed by atoms with E-state index < -0.39 is 29.2 Å². The van der Waals surface area contributed by atoms with Crippen LogP contribution in [0.5, 0.6) is 11.5 Å². The Labute approximate surface area is 368 Å². The standard InChI is InChI=1S/C51H58N2O10/c1-60-43-26-13-38(14-27-43)48(56)62-45-22-8-34(9-23-45)7-21-42(54)33-50(31-36-3-17-40(52)18-4-36,32-37-5-19-41(53)20-6-37)51(58,59)47(55)30-12-35-10-24-46(25-11-35)63-49(57)39-15-28-44(61-2)29-16-39/h3-12,17-25,30,38-39,43-44,58-59H,13-16,26-29,31-33,52-53H2,1-2H3. The van der Waals surface area contributed by atoms with Crippen molar-refractivity contribution in [3.8, 4) is 11.5 Å². The molecule has 6 N–H and O–H groups in total. The number of esters is 2. The Morgan fingerprint density at radius 3 is 1.33 bits per heavy atom. The number of anilines is 2. The number of aliphatic hydroxyl groups is 2. The van der Waals surface area contributed by atoms with E-state index >= 15 is 0 Å². The highest BCUT2D eigenvalue weighted by atomic mass is 16.5. The van der Waals surface area contributed by atoms with Crippen LogP contribution in [0, 0.1) is 17.3 Å². The number of hydrogen-bond acceptors (Lipinski definition) is 12. The van der Waals surface area contributed by atoms with Crippen LogP contribution in [0.3, 0.4) is 0 Å². The summed E-state index contributed by atoms with van der Waals surface area (Å²) in [6, 6.07) is 26.8. The Bertz CT molecular complexity index is 2170. The van der Waals surface area contributed by atoms with Crippen molar-refractivity contribution in [3.05, 3.63) is 131 Å². The van der Waals surface area contributed by atoms with Crippen LogP contribution in [0.1, 0.15) is 80.0 Å². The largest absolute Gasteiger partial charge is 0.426 e. The molecule has 6 rings (SSSR count). The molecule has 0 amide bonds. The zero-order valence-electron chi connectivity index (χ0n) is 35.9. The minimum absolute atomic E-state index is 0.0931. The lowest BCUT2D eigenvalue weighted by molar-refractivity contribution is -0.230. The number of allylic oxidation sites excluding steroid dienone is 1. The molecule has 0 bridgehead atoms. The minimum Gasteiger partial charge on any atom is -0.426 e. The zero-order chi connectivity index (χ0) is 45.0. The van der Waals surface area contributed by atoms with Crippen LogP contribution >= 0.6 is 0 Å². The average Bonchev–Trinajstić information content (AvgIpc) is 3.29. The Balaban J connectivity index is 1.21. The monoisotopic (exact) mass is 858 g/mol. The summed E-state index contributed by atoms with van der Waals surface area (Å²) in [5.74, 6) is -4.82. The third-order valence-corrected chi connectivity index (χ3v) is 12.4. The Morgan fingerprint density at radius 2 is 0.952 bits per heavy atom. The summed E-state index contributed by atoms with van der Waals surface area (Å²) in [7, 11) is 3.36. The number of rotatable bonds is 18. The third-order valence-electron chi connectivity index (χ3n) is 12.4. The van der Waals surface area contributed by atoms with Gasteiger partial charge in [-0.15, -0.1) is 0 Å². The number of ketones is 2. The predicted octanol–water partition coefficient (Wildman–Crippen LogP) is 7.48. The van der Waals surface area contributed by atoms with Gasteiger partial charge in [0, 0.05) is 37.4 Å². The quantitative estimate of drug-likeness (QED) is 0.0254. The van der Waals surface area contributed by atoms with Gasteiger partial charge >= 0.3 is 11.9 Å². The van der Waals surface area contributed by atoms with Crippen LogP contribution in [-0.2, 0) is 41.5 Å². The normalized spacial score (nSPS) is 19.5. The maximum atomic E-state index is 14.1. The average molecular weight is 859 g/mol. The van der Waals surface area contributed by atoms with Crippen molar-refractivity contribution in [2.75, 3.05) is 25.7 Å². The van der Waals surface area contributed by atoms with Gasteiger partial charge in [0.05, 0.1) is 24.0 Å². The van der Waals surface area contributed by atoms with Crippen molar-refractivity contribution in [2.45, 2.75) is 88.6 Å². The molecule has 0 unspecified atom stereocenters. The smallest absolute Gasteiger partial charge is 0.314 e. The van der Waals surface area contributed by atoms with Gasteiger partial charge in [0.15, 0.2) is 5.78 Å². The molecular weight excluding hydrogens is 801 g/mol.